The molecule has 0 spiro atoms. The van der Waals surface area contributed by atoms with Crippen LogP contribution in [0.25, 0.3) is 0 Å². The molecule has 0 saturated carbocycles. The Morgan fingerprint density at radius 3 is 2.47 bits per heavy atom. The van der Waals surface area contributed by atoms with Crippen molar-refractivity contribution in [2.45, 2.75) is 0 Å². The Balaban J connectivity index is 3.33. The zero-order valence-corrected chi connectivity index (χ0v) is 8.43. The number of carbonyl (C=O) groups is 1. The molecule has 1 aromatic rings. The average Bonchev–Trinajstić information content (AvgIpc) is 2.16. The topological polar surface area (TPSA) is 89.5 Å². The van der Waals surface area contributed by atoms with Gasteiger partial charge >= 0.3 is 0 Å². The molecule has 0 atom stereocenters. The number of nitrogens with zero attached hydrogens (tertiary/aromatic N) is 2. The van der Waals surface area contributed by atoms with Crippen LogP contribution in [0.1, 0.15) is 10.4 Å². The first kappa shape index (κ1) is 11.0. The Kier molecular flexibility index (Phi) is 2.89. The first-order valence-corrected chi connectivity index (χ1v) is 4.19. The fourth-order valence-corrected chi connectivity index (χ4v) is 1.16. The number of anilines is 1. The second-order valence-electron chi connectivity index (χ2n) is 3.22. The van der Waals surface area contributed by atoms with Gasteiger partial charge in [0.2, 0.25) is 0 Å². The van der Waals surface area contributed by atoms with Gasteiger partial charge < -0.3 is 10.6 Å². The van der Waals surface area contributed by atoms with E-state index in [4.69, 9.17) is 5.73 Å². The summed E-state index contributed by atoms with van der Waals surface area (Å²) < 4.78 is 0. The van der Waals surface area contributed by atoms with Crippen molar-refractivity contribution < 1.29 is 9.72 Å². The van der Waals surface area contributed by atoms with E-state index in [9.17, 15) is 14.9 Å². The molecule has 0 heterocycles. The Bertz CT molecular complexity index is 415. The van der Waals surface area contributed by atoms with Crippen molar-refractivity contribution in [2.75, 3.05) is 19.0 Å². The number of carbonyl (C=O) groups excluding carboxylic acids is 1. The zero-order chi connectivity index (χ0) is 11.6. The lowest BCUT2D eigenvalue weighted by Crippen LogP contribution is -2.15. The number of benzene rings is 1. The fourth-order valence-electron chi connectivity index (χ4n) is 1.16. The van der Waals surface area contributed by atoms with Crippen LogP contribution in [0.15, 0.2) is 18.2 Å². The van der Waals surface area contributed by atoms with E-state index in [0.717, 1.165) is 0 Å². The molecule has 1 rings (SSSR count). The van der Waals surface area contributed by atoms with E-state index in [-0.39, 0.29) is 11.3 Å². The van der Waals surface area contributed by atoms with Crippen LogP contribution < -0.4 is 10.6 Å². The van der Waals surface area contributed by atoms with Crippen molar-refractivity contribution in [2.24, 2.45) is 5.73 Å². The highest BCUT2D eigenvalue weighted by Gasteiger charge is 2.18. The van der Waals surface area contributed by atoms with Crippen LogP contribution >= 0.6 is 0 Å². The van der Waals surface area contributed by atoms with Crippen molar-refractivity contribution in [1.29, 1.82) is 0 Å². The molecule has 0 aromatic heterocycles. The zero-order valence-electron chi connectivity index (χ0n) is 8.43. The number of nitrogens with two attached hydrogens (primary N) is 1. The molecule has 80 valence electrons. The van der Waals surface area contributed by atoms with Gasteiger partial charge in [0.1, 0.15) is 5.56 Å². The summed E-state index contributed by atoms with van der Waals surface area (Å²) in [6.45, 7) is 0. The molecule has 6 heteroatoms. The number of nitro groups is 1. The molecule has 6 nitrogen and oxygen atoms in total. The summed E-state index contributed by atoms with van der Waals surface area (Å²) in [4.78, 5) is 22.7. The average molecular weight is 209 g/mol. The molecule has 1 amide bonds. The maximum atomic E-state index is 10.9. The number of amides is 1. The highest BCUT2D eigenvalue weighted by Crippen LogP contribution is 2.24. The molecule has 0 aliphatic carbocycles. The van der Waals surface area contributed by atoms with Crippen molar-refractivity contribution in [3.8, 4) is 0 Å². The van der Waals surface area contributed by atoms with E-state index in [1.807, 2.05) is 0 Å². The van der Waals surface area contributed by atoms with Crippen LogP contribution in [0.3, 0.4) is 0 Å². The Hall–Kier alpha value is -2.11. The summed E-state index contributed by atoms with van der Waals surface area (Å²) in [5.74, 6) is -0.799. The smallest absolute Gasteiger partial charge is 0.284 e. The minimum Gasteiger partial charge on any atom is -0.377 e. The Labute approximate surface area is 86.4 Å². The number of primary amides is 1. The number of hydrogen-bond donors (Lipinski definition) is 1. The number of hydrogen-bond acceptors (Lipinski definition) is 4. The van der Waals surface area contributed by atoms with Gasteiger partial charge in [-0.1, -0.05) is 0 Å². The molecule has 0 unspecified atom stereocenters. The van der Waals surface area contributed by atoms with Gasteiger partial charge in [-0.2, -0.15) is 0 Å². The summed E-state index contributed by atoms with van der Waals surface area (Å²) >= 11 is 0. The van der Waals surface area contributed by atoms with Crippen molar-refractivity contribution >= 4 is 17.3 Å². The molecule has 1 aromatic carbocycles. The van der Waals surface area contributed by atoms with E-state index in [1.165, 1.54) is 12.1 Å². The van der Waals surface area contributed by atoms with Gasteiger partial charge in [0.25, 0.3) is 11.6 Å². The molecular weight excluding hydrogens is 198 g/mol. The molecular formula is C9H11N3O3. The molecule has 0 saturated heterocycles. The molecule has 0 fully saturated rings. The summed E-state index contributed by atoms with van der Waals surface area (Å²) in [6.07, 6.45) is 0. The second-order valence-corrected chi connectivity index (χ2v) is 3.22. The van der Waals surface area contributed by atoms with Gasteiger partial charge in [-0.25, -0.2) is 0 Å². The SMILES string of the molecule is CN(C)c1ccc(C(N)=O)c([N+](=O)[O-])c1. The van der Waals surface area contributed by atoms with E-state index >= 15 is 0 Å². The molecule has 0 aliphatic heterocycles. The van der Waals surface area contributed by atoms with Crippen LogP contribution in [-0.4, -0.2) is 24.9 Å². The van der Waals surface area contributed by atoms with E-state index in [0.29, 0.717) is 5.69 Å². The minimum atomic E-state index is -0.799. The maximum Gasteiger partial charge on any atom is 0.284 e. The van der Waals surface area contributed by atoms with Crippen LogP contribution in [0.5, 0.6) is 0 Å². The van der Waals surface area contributed by atoms with Gasteiger partial charge in [-0.15, -0.1) is 0 Å². The van der Waals surface area contributed by atoms with Crippen molar-refractivity contribution in [1.82, 2.24) is 0 Å². The van der Waals surface area contributed by atoms with Crippen LogP contribution in [-0.2, 0) is 0 Å². The van der Waals surface area contributed by atoms with Gasteiger partial charge in [-0.3, -0.25) is 14.9 Å². The molecule has 0 aliphatic rings. The lowest BCUT2D eigenvalue weighted by Gasteiger charge is -2.12. The van der Waals surface area contributed by atoms with Gasteiger partial charge in [0.05, 0.1) is 4.92 Å². The molecule has 15 heavy (non-hydrogen) atoms. The summed E-state index contributed by atoms with van der Waals surface area (Å²) in [5, 5.41) is 10.7. The van der Waals surface area contributed by atoms with Gasteiger partial charge in [-0.05, 0) is 12.1 Å². The highest BCUT2D eigenvalue weighted by molar-refractivity contribution is 5.97. The van der Waals surface area contributed by atoms with Crippen molar-refractivity contribution in [3.63, 3.8) is 0 Å². The van der Waals surface area contributed by atoms with Crippen LogP contribution in [0.4, 0.5) is 11.4 Å². The lowest BCUT2D eigenvalue weighted by atomic mass is 10.1. The van der Waals surface area contributed by atoms with E-state index in [2.05, 4.69) is 0 Å². The predicted octanol–water partition coefficient (Wildman–Crippen LogP) is 0.760. The van der Waals surface area contributed by atoms with Crippen molar-refractivity contribution in [3.05, 3.63) is 33.9 Å². The van der Waals surface area contributed by atoms with E-state index < -0.39 is 10.8 Å². The quantitative estimate of drug-likeness (QED) is 0.587. The lowest BCUT2D eigenvalue weighted by molar-refractivity contribution is -0.385. The van der Waals surface area contributed by atoms with E-state index in [1.54, 1.807) is 25.1 Å². The maximum absolute atomic E-state index is 10.9. The normalized spacial score (nSPS) is 9.73. The van der Waals surface area contributed by atoms with Crippen LogP contribution in [0.2, 0.25) is 0 Å². The Morgan fingerprint density at radius 2 is 2.07 bits per heavy atom. The first-order valence-electron chi connectivity index (χ1n) is 4.19. The largest absolute Gasteiger partial charge is 0.377 e. The van der Waals surface area contributed by atoms with Gasteiger partial charge in [0, 0.05) is 25.8 Å². The number of rotatable bonds is 3. The minimum absolute atomic E-state index is 0.0781. The molecule has 0 bridgehead atoms. The summed E-state index contributed by atoms with van der Waals surface area (Å²) in [5.41, 5.74) is 5.32. The number of nitro benzene ring substituents is 1. The Morgan fingerprint density at radius 1 is 1.47 bits per heavy atom. The monoisotopic (exact) mass is 209 g/mol. The first-order chi connectivity index (χ1) is 6.93. The standard InChI is InChI=1S/C9H11N3O3/c1-11(2)6-3-4-7(9(10)13)8(5-6)12(14)15/h3-5H,1-2H3,(H2,10,13). The van der Waals surface area contributed by atoms with Crippen LogP contribution in [0, 0.1) is 10.1 Å². The second kappa shape index (κ2) is 3.95. The predicted molar refractivity (Wildman–Crippen MR) is 55.9 cm³/mol. The summed E-state index contributed by atoms with van der Waals surface area (Å²) in [6, 6.07) is 4.28. The molecule has 2 N–H and O–H groups in total. The third kappa shape index (κ3) is 2.22. The molecule has 0 radical (unpaired) electrons. The highest BCUT2D eigenvalue weighted by atomic mass is 16.6. The fraction of sp³-hybridized carbons (Fsp3) is 0.222. The third-order valence-electron chi connectivity index (χ3n) is 1.96. The third-order valence-corrected chi connectivity index (χ3v) is 1.96. The van der Waals surface area contributed by atoms with Gasteiger partial charge in [0.15, 0.2) is 0 Å². The summed E-state index contributed by atoms with van der Waals surface area (Å²) in [7, 11) is 3.51.